The number of carbonyl (C=O) groups is 1. The first kappa shape index (κ1) is 20.9. The zero-order valence-corrected chi connectivity index (χ0v) is 17.7. The van der Waals surface area contributed by atoms with Crippen LogP contribution < -0.4 is 10.1 Å². The van der Waals surface area contributed by atoms with Crippen molar-refractivity contribution in [1.29, 1.82) is 0 Å². The zero-order valence-electron chi connectivity index (χ0n) is 17.7. The van der Waals surface area contributed by atoms with Gasteiger partial charge in [0.1, 0.15) is 5.75 Å². The first-order valence-electron chi connectivity index (χ1n) is 10.9. The average Bonchev–Trinajstić information content (AvgIpc) is 2.81. The van der Waals surface area contributed by atoms with Gasteiger partial charge in [-0.05, 0) is 49.3 Å². The molecule has 30 heavy (non-hydrogen) atoms. The van der Waals surface area contributed by atoms with Crippen molar-refractivity contribution in [2.75, 3.05) is 33.5 Å². The highest BCUT2D eigenvalue weighted by Crippen LogP contribution is 2.36. The molecule has 2 aromatic rings. The SMILES string of the molecule is COc1ccccc1-c1ccc(CC2(C(=O)N[C@@H]3CCCOC3)CCOCC2)cc1. The van der Waals surface area contributed by atoms with Gasteiger partial charge < -0.3 is 19.5 Å². The third-order valence-corrected chi connectivity index (χ3v) is 6.34. The summed E-state index contributed by atoms with van der Waals surface area (Å²) >= 11 is 0. The number of amides is 1. The van der Waals surface area contributed by atoms with Crippen LogP contribution in [-0.4, -0.2) is 45.5 Å². The molecule has 0 unspecified atom stereocenters. The van der Waals surface area contributed by atoms with E-state index >= 15 is 0 Å². The second-order valence-electron chi connectivity index (χ2n) is 8.35. The lowest BCUT2D eigenvalue weighted by Crippen LogP contribution is -2.51. The summed E-state index contributed by atoms with van der Waals surface area (Å²) in [5, 5.41) is 3.27. The lowest BCUT2D eigenvalue weighted by Gasteiger charge is -2.37. The molecule has 1 N–H and O–H groups in total. The molecule has 2 heterocycles. The molecule has 0 aromatic heterocycles. The number of hydrogen-bond acceptors (Lipinski definition) is 4. The maximum absolute atomic E-state index is 13.3. The van der Waals surface area contributed by atoms with Gasteiger partial charge in [-0.3, -0.25) is 4.79 Å². The molecule has 2 aliphatic rings. The molecule has 0 saturated carbocycles. The normalized spacial score (nSPS) is 21.0. The third-order valence-electron chi connectivity index (χ3n) is 6.34. The highest BCUT2D eigenvalue weighted by atomic mass is 16.5. The van der Waals surface area contributed by atoms with Gasteiger partial charge in [-0.15, -0.1) is 0 Å². The fourth-order valence-corrected chi connectivity index (χ4v) is 4.52. The van der Waals surface area contributed by atoms with Crippen molar-refractivity contribution in [2.45, 2.75) is 38.1 Å². The van der Waals surface area contributed by atoms with E-state index in [1.54, 1.807) is 7.11 Å². The van der Waals surface area contributed by atoms with Gasteiger partial charge in [0, 0.05) is 25.4 Å². The van der Waals surface area contributed by atoms with Gasteiger partial charge in [-0.1, -0.05) is 42.5 Å². The predicted molar refractivity (Wildman–Crippen MR) is 117 cm³/mol. The fourth-order valence-electron chi connectivity index (χ4n) is 4.52. The number of carbonyl (C=O) groups excluding carboxylic acids is 1. The van der Waals surface area contributed by atoms with Crippen LogP contribution >= 0.6 is 0 Å². The lowest BCUT2D eigenvalue weighted by atomic mass is 9.74. The highest BCUT2D eigenvalue weighted by Gasteiger charge is 2.41. The molecule has 4 rings (SSSR count). The summed E-state index contributed by atoms with van der Waals surface area (Å²) in [6.07, 6.45) is 4.22. The second-order valence-corrected chi connectivity index (χ2v) is 8.35. The van der Waals surface area contributed by atoms with Crippen molar-refractivity contribution in [2.24, 2.45) is 5.41 Å². The fraction of sp³-hybridized carbons (Fsp3) is 0.480. The Morgan fingerprint density at radius 1 is 1.07 bits per heavy atom. The van der Waals surface area contributed by atoms with Gasteiger partial charge in [0.25, 0.3) is 0 Å². The zero-order chi connectivity index (χ0) is 20.8. The van der Waals surface area contributed by atoms with Crippen LogP contribution in [0.4, 0.5) is 0 Å². The molecule has 2 aliphatic heterocycles. The Bertz CT molecular complexity index is 836. The third kappa shape index (κ3) is 4.68. The van der Waals surface area contributed by atoms with E-state index in [9.17, 15) is 4.79 Å². The monoisotopic (exact) mass is 409 g/mol. The molecule has 5 nitrogen and oxygen atoms in total. The van der Waals surface area contributed by atoms with E-state index in [-0.39, 0.29) is 11.9 Å². The van der Waals surface area contributed by atoms with Crippen molar-refractivity contribution < 1.29 is 19.0 Å². The summed E-state index contributed by atoms with van der Waals surface area (Å²) in [4.78, 5) is 13.3. The van der Waals surface area contributed by atoms with Gasteiger partial charge in [0.15, 0.2) is 0 Å². The maximum Gasteiger partial charge on any atom is 0.227 e. The van der Waals surface area contributed by atoms with E-state index in [0.29, 0.717) is 19.8 Å². The number of rotatable bonds is 6. The summed E-state index contributed by atoms with van der Waals surface area (Å²) in [6, 6.07) is 16.7. The molecule has 0 bridgehead atoms. The summed E-state index contributed by atoms with van der Waals surface area (Å²) in [5.41, 5.74) is 2.94. The molecule has 0 aliphatic carbocycles. The summed E-state index contributed by atoms with van der Waals surface area (Å²) in [7, 11) is 1.69. The largest absolute Gasteiger partial charge is 0.496 e. The van der Waals surface area contributed by atoms with E-state index in [4.69, 9.17) is 14.2 Å². The van der Waals surface area contributed by atoms with Gasteiger partial charge in [0.05, 0.1) is 25.2 Å². The van der Waals surface area contributed by atoms with E-state index in [2.05, 4.69) is 35.6 Å². The summed E-state index contributed by atoms with van der Waals surface area (Å²) < 4.78 is 16.6. The lowest BCUT2D eigenvalue weighted by molar-refractivity contribution is -0.138. The minimum atomic E-state index is -0.415. The first-order valence-corrected chi connectivity index (χ1v) is 10.9. The van der Waals surface area contributed by atoms with Gasteiger partial charge in [0.2, 0.25) is 5.91 Å². The second kappa shape index (κ2) is 9.63. The summed E-state index contributed by atoms with van der Waals surface area (Å²) in [6.45, 7) is 2.68. The Balaban J connectivity index is 1.51. The molecule has 2 saturated heterocycles. The molecule has 2 aromatic carbocycles. The quantitative estimate of drug-likeness (QED) is 0.784. The van der Waals surface area contributed by atoms with Crippen LogP contribution in [0.25, 0.3) is 11.1 Å². The van der Waals surface area contributed by atoms with Crippen LogP contribution in [0.15, 0.2) is 48.5 Å². The van der Waals surface area contributed by atoms with Crippen LogP contribution in [0, 0.1) is 5.41 Å². The molecule has 0 spiro atoms. The number of methoxy groups -OCH3 is 1. The average molecular weight is 410 g/mol. The highest BCUT2D eigenvalue weighted by molar-refractivity contribution is 5.83. The van der Waals surface area contributed by atoms with Gasteiger partial charge in [-0.25, -0.2) is 0 Å². The molecular formula is C25H31NO4. The van der Waals surface area contributed by atoms with Crippen molar-refractivity contribution in [3.05, 3.63) is 54.1 Å². The molecule has 5 heteroatoms. The van der Waals surface area contributed by atoms with E-state index in [1.807, 2.05) is 18.2 Å². The van der Waals surface area contributed by atoms with Crippen LogP contribution in [0.2, 0.25) is 0 Å². The molecule has 160 valence electrons. The minimum absolute atomic E-state index is 0.124. The van der Waals surface area contributed by atoms with Crippen LogP contribution in [-0.2, 0) is 20.7 Å². The number of benzene rings is 2. The Morgan fingerprint density at radius 3 is 2.53 bits per heavy atom. The van der Waals surface area contributed by atoms with Crippen molar-refractivity contribution in [3.63, 3.8) is 0 Å². The van der Waals surface area contributed by atoms with E-state index in [0.717, 1.165) is 55.6 Å². The molecule has 1 amide bonds. The van der Waals surface area contributed by atoms with Crippen molar-refractivity contribution >= 4 is 5.91 Å². The van der Waals surface area contributed by atoms with E-state index < -0.39 is 5.41 Å². The van der Waals surface area contributed by atoms with Crippen LogP contribution in [0.5, 0.6) is 5.75 Å². The maximum atomic E-state index is 13.3. The van der Waals surface area contributed by atoms with Crippen LogP contribution in [0.1, 0.15) is 31.2 Å². The Morgan fingerprint density at radius 2 is 1.83 bits per heavy atom. The van der Waals surface area contributed by atoms with Crippen molar-refractivity contribution in [3.8, 4) is 16.9 Å². The van der Waals surface area contributed by atoms with E-state index in [1.165, 1.54) is 5.56 Å². The smallest absolute Gasteiger partial charge is 0.227 e. The number of ether oxygens (including phenoxy) is 3. The standard InChI is InChI=1S/C25H31NO4/c1-28-23-7-3-2-6-22(23)20-10-8-19(9-11-20)17-25(12-15-29-16-13-25)24(27)26-21-5-4-14-30-18-21/h2-3,6-11,21H,4-5,12-18H2,1H3,(H,26,27)/t21-/m1/s1. The topological polar surface area (TPSA) is 56.8 Å². The minimum Gasteiger partial charge on any atom is -0.496 e. The van der Waals surface area contributed by atoms with Crippen molar-refractivity contribution in [1.82, 2.24) is 5.32 Å². The molecular weight excluding hydrogens is 378 g/mol. The Labute approximate surface area is 178 Å². The Kier molecular flexibility index (Phi) is 6.70. The predicted octanol–water partition coefficient (Wildman–Crippen LogP) is 4.00. The number of hydrogen-bond donors (Lipinski definition) is 1. The van der Waals surface area contributed by atoms with Crippen LogP contribution in [0.3, 0.4) is 0 Å². The van der Waals surface area contributed by atoms with Gasteiger partial charge >= 0.3 is 0 Å². The first-order chi connectivity index (χ1) is 14.7. The molecule has 1 atom stereocenters. The summed E-state index contributed by atoms with van der Waals surface area (Å²) in [5.74, 6) is 1.01. The Hall–Kier alpha value is -2.37. The number of para-hydroxylation sites is 1. The molecule has 2 fully saturated rings. The molecule has 0 radical (unpaired) electrons. The number of nitrogens with one attached hydrogen (secondary N) is 1. The van der Waals surface area contributed by atoms with Gasteiger partial charge in [-0.2, -0.15) is 0 Å².